The molecule has 0 spiro atoms. The second-order valence-corrected chi connectivity index (χ2v) is 9.56. The maximum absolute atomic E-state index is 14.8. The molecular weight excluding hydrogens is 534 g/mol. The molecule has 3 heterocycles. The first-order valence-electron chi connectivity index (χ1n) is 11.7. The number of fused-ring (bicyclic) bond motifs is 1. The van der Waals surface area contributed by atoms with Gasteiger partial charge in [-0.3, -0.25) is 23.9 Å². The largest absolute Gasteiger partial charge is 0.408 e. The van der Waals surface area contributed by atoms with Crippen LogP contribution in [0.15, 0.2) is 35.3 Å². The van der Waals surface area contributed by atoms with E-state index in [1.165, 1.54) is 19.9 Å². The number of rotatable bonds is 6. The van der Waals surface area contributed by atoms with Gasteiger partial charge in [0.2, 0.25) is 11.3 Å². The van der Waals surface area contributed by atoms with Crippen LogP contribution in [0.1, 0.15) is 37.0 Å². The van der Waals surface area contributed by atoms with Crippen LogP contribution in [0.3, 0.4) is 0 Å². The number of benzene rings is 1. The zero-order chi connectivity index (χ0) is 28.8. The molecule has 2 amide bonds. The summed E-state index contributed by atoms with van der Waals surface area (Å²) in [6.07, 6.45) is -5.97. The number of β-amino-alcohol motifs (C(OH)–C–C–N with tert-alkyl or cyclic N) is 1. The van der Waals surface area contributed by atoms with E-state index in [1.807, 2.05) is 0 Å². The molecule has 1 aromatic carbocycles. The lowest BCUT2D eigenvalue weighted by Crippen LogP contribution is -2.47. The Morgan fingerprint density at radius 2 is 1.79 bits per heavy atom. The van der Waals surface area contributed by atoms with E-state index in [1.54, 1.807) is 5.32 Å². The third kappa shape index (κ3) is 5.60. The normalized spacial score (nSPS) is 16.8. The van der Waals surface area contributed by atoms with Gasteiger partial charge in [-0.25, -0.2) is 18.2 Å². The molecule has 0 bridgehead atoms. The lowest BCUT2D eigenvalue weighted by Gasteiger charge is -2.23. The van der Waals surface area contributed by atoms with Crippen molar-refractivity contribution >= 4 is 28.7 Å². The Bertz CT molecular complexity index is 1500. The van der Waals surface area contributed by atoms with Crippen molar-refractivity contribution in [2.24, 2.45) is 5.92 Å². The summed E-state index contributed by atoms with van der Waals surface area (Å²) in [5.41, 5.74) is -3.42. The van der Waals surface area contributed by atoms with Crippen molar-refractivity contribution in [3.8, 4) is 5.69 Å². The van der Waals surface area contributed by atoms with Gasteiger partial charge in [0, 0.05) is 18.3 Å². The predicted molar refractivity (Wildman–Crippen MR) is 127 cm³/mol. The number of hydrogen-bond acceptors (Lipinski definition) is 5. The number of hydrogen-bond donors (Lipinski definition) is 2. The molecule has 0 aliphatic carbocycles. The first-order chi connectivity index (χ1) is 18.2. The summed E-state index contributed by atoms with van der Waals surface area (Å²) in [6, 6.07) is 0.602. The fraction of sp³-hybridized carbons (Fsp3) is 0.360. The summed E-state index contributed by atoms with van der Waals surface area (Å²) in [6.45, 7) is 2.85. The van der Waals surface area contributed by atoms with Crippen LogP contribution in [0.25, 0.3) is 16.7 Å². The van der Waals surface area contributed by atoms with E-state index >= 15 is 0 Å². The van der Waals surface area contributed by atoms with E-state index in [0.717, 1.165) is 11.0 Å². The number of nitrogens with one attached hydrogen (secondary N) is 1. The summed E-state index contributed by atoms with van der Waals surface area (Å²) < 4.78 is 84.6. The molecule has 39 heavy (non-hydrogen) atoms. The Balaban J connectivity index is 1.94. The Kier molecular flexibility index (Phi) is 7.43. The average Bonchev–Trinajstić information content (AvgIpc) is 3.16. The van der Waals surface area contributed by atoms with Crippen LogP contribution < -0.4 is 15.6 Å². The molecule has 0 radical (unpaired) electrons. The number of alkyl halides is 3. The van der Waals surface area contributed by atoms with E-state index < -0.39 is 87.6 Å². The molecule has 1 aliphatic rings. The van der Waals surface area contributed by atoms with Crippen LogP contribution >= 0.6 is 0 Å². The fourth-order valence-corrected chi connectivity index (χ4v) is 4.33. The topological polar surface area (TPSA) is 105 Å². The number of pyridine rings is 2. The van der Waals surface area contributed by atoms with Crippen molar-refractivity contribution in [3.63, 3.8) is 0 Å². The van der Waals surface area contributed by atoms with Crippen molar-refractivity contribution in [2.45, 2.75) is 45.0 Å². The predicted octanol–water partition coefficient (Wildman–Crippen LogP) is 3.61. The fourth-order valence-electron chi connectivity index (χ4n) is 4.33. The first kappa shape index (κ1) is 28.1. The highest BCUT2D eigenvalue weighted by Gasteiger charge is 2.41. The SMILES string of the molecule is CC(C)CC(NC(=O)c1cn(-c2c(F)cc(F)cc2F)c2nc(N3C[C@@H](O)CC3=O)ccc2c1=O)C(F)(F)F. The van der Waals surface area contributed by atoms with Gasteiger partial charge in [0.05, 0.1) is 24.5 Å². The maximum atomic E-state index is 14.8. The lowest BCUT2D eigenvalue weighted by atomic mass is 10.0. The van der Waals surface area contributed by atoms with Crippen molar-refractivity contribution in [2.75, 3.05) is 11.4 Å². The van der Waals surface area contributed by atoms with Crippen LogP contribution in [0, 0.1) is 23.4 Å². The van der Waals surface area contributed by atoms with E-state index in [4.69, 9.17) is 0 Å². The van der Waals surface area contributed by atoms with Gasteiger partial charge >= 0.3 is 6.18 Å². The maximum Gasteiger partial charge on any atom is 0.408 e. The van der Waals surface area contributed by atoms with Crippen molar-refractivity contribution in [3.05, 3.63) is 63.7 Å². The monoisotopic (exact) mass is 556 g/mol. The third-order valence-electron chi connectivity index (χ3n) is 6.09. The Morgan fingerprint density at radius 3 is 2.33 bits per heavy atom. The lowest BCUT2D eigenvalue weighted by molar-refractivity contribution is -0.156. The molecule has 2 aromatic heterocycles. The van der Waals surface area contributed by atoms with E-state index in [-0.39, 0.29) is 18.8 Å². The molecule has 1 fully saturated rings. The van der Waals surface area contributed by atoms with Gasteiger partial charge in [-0.05, 0) is 24.5 Å². The van der Waals surface area contributed by atoms with Gasteiger partial charge in [0.15, 0.2) is 17.3 Å². The molecule has 14 heteroatoms. The molecule has 8 nitrogen and oxygen atoms in total. The van der Waals surface area contributed by atoms with Crippen LogP contribution in [0.4, 0.5) is 32.2 Å². The van der Waals surface area contributed by atoms with E-state index in [0.29, 0.717) is 22.9 Å². The number of aliphatic hydroxyl groups is 1. The minimum Gasteiger partial charge on any atom is -0.391 e. The van der Waals surface area contributed by atoms with Crippen molar-refractivity contribution < 1.29 is 41.0 Å². The summed E-state index contributed by atoms with van der Waals surface area (Å²) >= 11 is 0. The quantitative estimate of drug-likeness (QED) is 0.452. The number of aliphatic hydroxyl groups excluding tert-OH is 1. The number of halogens is 6. The Labute approximate surface area is 216 Å². The third-order valence-corrected chi connectivity index (χ3v) is 6.09. The zero-order valence-corrected chi connectivity index (χ0v) is 20.5. The van der Waals surface area contributed by atoms with Gasteiger partial charge in [-0.1, -0.05) is 13.8 Å². The van der Waals surface area contributed by atoms with Gasteiger partial charge in [0.25, 0.3) is 5.91 Å². The number of anilines is 1. The minimum atomic E-state index is -4.85. The van der Waals surface area contributed by atoms with Gasteiger partial charge in [-0.2, -0.15) is 13.2 Å². The number of carbonyl (C=O) groups excluding carboxylic acids is 2. The number of nitrogens with zero attached hydrogens (tertiary/aromatic N) is 3. The zero-order valence-electron chi connectivity index (χ0n) is 20.5. The molecular formula is C25H22F6N4O4. The van der Waals surface area contributed by atoms with Crippen LogP contribution in [0.5, 0.6) is 0 Å². The van der Waals surface area contributed by atoms with Crippen LogP contribution in [0.2, 0.25) is 0 Å². The first-order valence-corrected chi connectivity index (χ1v) is 11.7. The summed E-state index contributed by atoms with van der Waals surface area (Å²) in [5.74, 6) is -6.77. The molecule has 2 N–H and O–H groups in total. The summed E-state index contributed by atoms with van der Waals surface area (Å²) in [7, 11) is 0. The van der Waals surface area contributed by atoms with Crippen molar-refractivity contribution in [1.29, 1.82) is 0 Å². The van der Waals surface area contributed by atoms with E-state index in [9.17, 15) is 45.8 Å². The number of carbonyl (C=O) groups is 2. The Morgan fingerprint density at radius 1 is 1.15 bits per heavy atom. The summed E-state index contributed by atoms with van der Waals surface area (Å²) in [5, 5.41) is 11.1. The molecule has 1 saturated heterocycles. The van der Waals surface area contributed by atoms with Crippen molar-refractivity contribution in [1.82, 2.24) is 14.9 Å². The smallest absolute Gasteiger partial charge is 0.391 e. The van der Waals surface area contributed by atoms with Crippen LogP contribution in [-0.4, -0.2) is 51.3 Å². The second kappa shape index (κ2) is 10.3. The van der Waals surface area contributed by atoms with Gasteiger partial charge < -0.3 is 10.4 Å². The molecule has 1 unspecified atom stereocenters. The number of amides is 2. The second-order valence-electron chi connectivity index (χ2n) is 9.56. The minimum absolute atomic E-state index is 0.105. The molecule has 208 valence electrons. The molecule has 3 aromatic rings. The highest BCUT2D eigenvalue weighted by atomic mass is 19.4. The summed E-state index contributed by atoms with van der Waals surface area (Å²) in [4.78, 5) is 43.6. The highest BCUT2D eigenvalue weighted by molar-refractivity contribution is 5.99. The number of aromatic nitrogens is 2. The molecule has 4 rings (SSSR count). The standard InChI is InChI=1S/C25H22F6N4O4/c1-11(2)5-18(25(29,30)31)32-24(39)15-10-35(21-16(27)6-12(26)7-17(21)28)23-14(22(15)38)3-4-19(33-23)34-9-13(36)8-20(34)37/h3-4,6-7,10-11,13,18,36H,5,8-9H2,1-2H3,(H,32,39)/t13-,18?/m0/s1. The van der Waals surface area contributed by atoms with Gasteiger partial charge in [0.1, 0.15) is 28.9 Å². The molecule has 0 saturated carbocycles. The van der Waals surface area contributed by atoms with Crippen LogP contribution in [-0.2, 0) is 4.79 Å². The highest BCUT2D eigenvalue weighted by Crippen LogP contribution is 2.28. The van der Waals surface area contributed by atoms with E-state index in [2.05, 4.69) is 4.98 Å². The average molecular weight is 556 g/mol. The Hall–Kier alpha value is -3.94. The molecule has 2 atom stereocenters. The molecule has 1 aliphatic heterocycles. The van der Waals surface area contributed by atoms with Gasteiger partial charge in [-0.15, -0.1) is 0 Å².